The number of hydrogen-bond acceptors (Lipinski definition) is 5. The number of hydrogen-bond donors (Lipinski definition) is 2. The normalized spacial score (nSPS) is 11.0. The van der Waals surface area contributed by atoms with Gasteiger partial charge >= 0.3 is 0 Å². The predicted octanol–water partition coefficient (Wildman–Crippen LogP) is 3.54. The molecule has 0 spiro atoms. The Morgan fingerprint density at radius 1 is 1.00 bits per heavy atom. The molecule has 0 atom stereocenters. The van der Waals surface area contributed by atoms with Crippen molar-refractivity contribution in [2.75, 3.05) is 37.2 Å². The number of unbranched alkanes of at least 4 members (excludes halogenated alkanes) is 4. The van der Waals surface area contributed by atoms with E-state index in [-0.39, 0.29) is 0 Å². The van der Waals surface area contributed by atoms with Crippen LogP contribution in [0.4, 0.5) is 11.8 Å². The van der Waals surface area contributed by atoms with Crippen LogP contribution in [0, 0.1) is 0 Å². The van der Waals surface area contributed by atoms with Gasteiger partial charge in [-0.05, 0) is 45.0 Å². The molecule has 0 radical (unpaired) electrons. The number of aromatic nitrogens is 2. The minimum atomic E-state index is 0.325. The van der Waals surface area contributed by atoms with Gasteiger partial charge in [0, 0.05) is 12.7 Å². The third-order valence-electron chi connectivity index (χ3n) is 3.79. The second-order valence-corrected chi connectivity index (χ2v) is 5.84. The van der Waals surface area contributed by atoms with Gasteiger partial charge in [-0.3, -0.25) is 0 Å². The maximum Gasteiger partial charge on any atom is 0.221 e. The molecule has 3 N–H and O–H groups in total. The highest BCUT2D eigenvalue weighted by atomic mass is 15.1. The zero-order valence-corrected chi connectivity index (χ0v) is 14.4. The van der Waals surface area contributed by atoms with Crippen LogP contribution in [0.2, 0.25) is 0 Å². The molecule has 0 saturated heterocycles. The quantitative estimate of drug-likeness (QED) is 0.546. The van der Waals surface area contributed by atoms with Crippen LogP contribution in [-0.2, 0) is 0 Å². The standard InChI is InChI=1S/C17H33N5/c1-3-5-7-13-22(14-8-6-4-2)15-9-11-19-16-10-12-20-17(18)21-16/h10,12H,3-9,11,13-15H2,1-2H3,(H3,18,19,20,21). The molecule has 1 aromatic rings. The fraction of sp³-hybridized carbons (Fsp3) is 0.765. The number of nitrogens with two attached hydrogens (primary N) is 1. The van der Waals surface area contributed by atoms with E-state index in [4.69, 9.17) is 5.73 Å². The largest absolute Gasteiger partial charge is 0.370 e. The maximum atomic E-state index is 5.58. The molecule has 0 aliphatic rings. The molecule has 0 fully saturated rings. The Labute approximate surface area is 135 Å². The molecule has 0 aromatic carbocycles. The lowest BCUT2D eigenvalue weighted by Gasteiger charge is -2.22. The minimum absolute atomic E-state index is 0.325. The summed E-state index contributed by atoms with van der Waals surface area (Å²) in [4.78, 5) is 10.7. The average Bonchev–Trinajstić information content (AvgIpc) is 2.51. The van der Waals surface area contributed by atoms with Crippen LogP contribution in [0.25, 0.3) is 0 Å². The third kappa shape index (κ3) is 8.82. The molecule has 22 heavy (non-hydrogen) atoms. The van der Waals surface area contributed by atoms with Crippen LogP contribution in [-0.4, -0.2) is 41.0 Å². The van der Waals surface area contributed by atoms with Gasteiger partial charge in [0.05, 0.1) is 0 Å². The first-order valence-electron chi connectivity index (χ1n) is 8.81. The lowest BCUT2D eigenvalue weighted by atomic mass is 10.2. The van der Waals surface area contributed by atoms with Crippen molar-refractivity contribution in [3.8, 4) is 0 Å². The Balaban J connectivity index is 2.22. The summed E-state index contributed by atoms with van der Waals surface area (Å²) in [6, 6.07) is 1.86. The summed E-state index contributed by atoms with van der Waals surface area (Å²) < 4.78 is 0. The molecule has 0 aliphatic carbocycles. The van der Waals surface area contributed by atoms with Gasteiger partial charge in [0.2, 0.25) is 5.95 Å². The molecule has 1 heterocycles. The lowest BCUT2D eigenvalue weighted by Crippen LogP contribution is -2.28. The van der Waals surface area contributed by atoms with Gasteiger partial charge in [0.15, 0.2) is 0 Å². The molecule has 0 bridgehead atoms. The fourth-order valence-corrected chi connectivity index (χ4v) is 2.50. The van der Waals surface area contributed by atoms with E-state index in [0.717, 1.165) is 25.3 Å². The topological polar surface area (TPSA) is 67.1 Å². The molecule has 0 amide bonds. The average molecular weight is 307 g/mol. The molecular weight excluding hydrogens is 274 g/mol. The zero-order valence-electron chi connectivity index (χ0n) is 14.4. The smallest absolute Gasteiger partial charge is 0.221 e. The van der Waals surface area contributed by atoms with Crippen molar-refractivity contribution in [3.05, 3.63) is 12.3 Å². The molecule has 5 heteroatoms. The van der Waals surface area contributed by atoms with E-state index in [0.29, 0.717) is 5.95 Å². The molecular formula is C17H33N5. The van der Waals surface area contributed by atoms with Gasteiger partial charge in [0.25, 0.3) is 0 Å². The molecule has 5 nitrogen and oxygen atoms in total. The van der Waals surface area contributed by atoms with Crippen LogP contribution >= 0.6 is 0 Å². The lowest BCUT2D eigenvalue weighted by molar-refractivity contribution is 0.261. The molecule has 0 unspecified atom stereocenters. The Kier molecular flexibility index (Phi) is 10.4. The maximum absolute atomic E-state index is 5.58. The number of nitrogen functional groups attached to an aromatic ring is 1. The summed E-state index contributed by atoms with van der Waals surface area (Å²) in [7, 11) is 0. The molecule has 0 saturated carbocycles. The first-order valence-corrected chi connectivity index (χ1v) is 8.81. The van der Waals surface area contributed by atoms with Crippen LogP contribution in [0.15, 0.2) is 12.3 Å². The SMILES string of the molecule is CCCCCN(CCCCC)CCCNc1ccnc(N)n1. The van der Waals surface area contributed by atoms with E-state index in [1.165, 1.54) is 51.6 Å². The second-order valence-electron chi connectivity index (χ2n) is 5.84. The van der Waals surface area contributed by atoms with E-state index in [1.807, 2.05) is 6.07 Å². The van der Waals surface area contributed by atoms with Crippen molar-refractivity contribution < 1.29 is 0 Å². The van der Waals surface area contributed by atoms with Crippen molar-refractivity contribution in [1.29, 1.82) is 0 Å². The predicted molar refractivity (Wildman–Crippen MR) is 95.0 cm³/mol. The van der Waals surface area contributed by atoms with Gasteiger partial charge < -0.3 is 16.0 Å². The molecule has 0 aliphatic heterocycles. The van der Waals surface area contributed by atoms with Crippen LogP contribution in [0.1, 0.15) is 58.8 Å². The van der Waals surface area contributed by atoms with Crippen LogP contribution in [0.3, 0.4) is 0 Å². The Hall–Kier alpha value is -1.36. The summed E-state index contributed by atoms with van der Waals surface area (Å²) >= 11 is 0. The Morgan fingerprint density at radius 3 is 2.23 bits per heavy atom. The highest BCUT2D eigenvalue weighted by Gasteiger charge is 2.04. The van der Waals surface area contributed by atoms with Crippen molar-refractivity contribution in [2.24, 2.45) is 0 Å². The van der Waals surface area contributed by atoms with Crippen molar-refractivity contribution in [1.82, 2.24) is 14.9 Å². The number of nitrogens with one attached hydrogen (secondary N) is 1. The van der Waals surface area contributed by atoms with E-state index in [9.17, 15) is 0 Å². The molecule has 1 rings (SSSR count). The molecule has 126 valence electrons. The fourth-order valence-electron chi connectivity index (χ4n) is 2.50. The van der Waals surface area contributed by atoms with Crippen molar-refractivity contribution in [3.63, 3.8) is 0 Å². The number of anilines is 2. The zero-order chi connectivity index (χ0) is 16.0. The number of rotatable bonds is 13. The summed E-state index contributed by atoms with van der Waals surface area (Å²) in [6.07, 6.45) is 10.7. The highest BCUT2D eigenvalue weighted by molar-refractivity contribution is 5.36. The van der Waals surface area contributed by atoms with E-state index >= 15 is 0 Å². The first-order chi connectivity index (χ1) is 10.8. The summed E-state index contributed by atoms with van der Waals surface area (Å²) in [6.45, 7) is 9.07. The molecule has 1 aromatic heterocycles. The van der Waals surface area contributed by atoms with Crippen LogP contribution in [0.5, 0.6) is 0 Å². The highest BCUT2D eigenvalue weighted by Crippen LogP contribution is 2.05. The van der Waals surface area contributed by atoms with Gasteiger partial charge in [0.1, 0.15) is 5.82 Å². The van der Waals surface area contributed by atoms with E-state index < -0.39 is 0 Å². The van der Waals surface area contributed by atoms with E-state index in [2.05, 4.69) is 34.0 Å². The van der Waals surface area contributed by atoms with Crippen molar-refractivity contribution >= 4 is 11.8 Å². The van der Waals surface area contributed by atoms with E-state index in [1.54, 1.807) is 6.20 Å². The van der Waals surface area contributed by atoms with Gasteiger partial charge in [-0.25, -0.2) is 4.98 Å². The minimum Gasteiger partial charge on any atom is -0.370 e. The van der Waals surface area contributed by atoms with Gasteiger partial charge in [-0.1, -0.05) is 39.5 Å². The Morgan fingerprint density at radius 2 is 1.64 bits per heavy atom. The summed E-state index contributed by atoms with van der Waals surface area (Å²) in [5.74, 6) is 1.14. The second kappa shape index (κ2) is 12.2. The Bertz CT molecular complexity index is 373. The first kappa shape index (κ1) is 18.7. The third-order valence-corrected chi connectivity index (χ3v) is 3.79. The number of nitrogens with zero attached hydrogens (tertiary/aromatic N) is 3. The monoisotopic (exact) mass is 307 g/mol. The van der Waals surface area contributed by atoms with Gasteiger partial charge in [-0.2, -0.15) is 4.98 Å². The summed E-state index contributed by atoms with van der Waals surface area (Å²) in [5, 5.41) is 3.32. The van der Waals surface area contributed by atoms with Gasteiger partial charge in [-0.15, -0.1) is 0 Å². The van der Waals surface area contributed by atoms with Crippen LogP contribution < -0.4 is 11.1 Å². The summed E-state index contributed by atoms with van der Waals surface area (Å²) in [5.41, 5.74) is 5.58. The van der Waals surface area contributed by atoms with Crippen molar-refractivity contribution in [2.45, 2.75) is 58.8 Å².